The number of carbonyl (C=O) groups excluding carboxylic acids is 1. The van der Waals surface area contributed by atoms with Gasteiger partial charge in [0.1, 0.15) is 17.8 Å². The van der Waals surface area contributed by atoms with Gasteiger partial charge >= 0.3 is 0 Å². The van der Waals surface area contributed by atoms with Crippen molar-refractivity contribution in [1.29, 1.82) is 0 Å². The third kappa shape index (κ3) is 4.61. The summed E-state index contributed by atoms with van der Waals surface area (Å²) >= 11 is 0. The van der Waals surface area contributed by atoms with Crippen LogP contribution in [0.15, 0.2) is 73.7 Å². The number of piperidine rings is 1. The molecule has 8 nitrogen and oxygen atoms in total. The lowest BCUT2D eigenvalue weighted by atomic mass is 9.93. The molecular formula is C26H24N6O2. The Labute approximate surface area is 197 Å². The van der Waals surface area contributed by atoms with Crippen LogP contribution in [0.3, 0.4) is 0 Å². The van der Waals surface area contributed by atoms with Gasteiger partial charge in [-0.1, -0.05) is 18.2 Å². The number of hydrogen-bond acceptors (Lipinski definition) is 7. The first kappa shape index (κ1) is 21.6. The maximum absolute atomic E-state index is 13.0. The maximum Gasteiger partial charge on any atom is 0.255 e. The van der Waals surface area contributed by atoms with E-state index in [4.69, 9.17) is 4.74 Å². The lowest BCUT2D eigenvalue weighted by molar-refractivity contribution is 0.0711. The van der Waals surface area contributed by atoms with Gasteiger partial charge in [0, 0.05) is 55.6 Å². The number of rotatable bonds is 5. The second kappa shape index (κ2) is 9.74. The predicted molar refractivity (Wildman–Crippen MR) is 126 cm³/mol. The zero-order valence-corrected chi connectivity index (χ0v) is 18.8. The van der Waals surface area contributed by atoms with Crippen molar-refractivity contribution >= 4 is 5.91 Å². The van der Waals surface area contributed by atoms with Crippen molar-refractivity contribution in [3.63, 3.8) is 0 Å². The lowest BCUT2D eigenvalue weighted by Crippen LogP contribution is -2.38. The molecule has 0 unspecified atom stereocenters. The molecule has 1 aliphatic rings. The molecule has 0 bridgehead atoms. The number of nitrogens with zero attached hydrogens (tertiary/aromatic N) is 6. The van der Waals surface area contributed by atoms with Crippen LogP contribution in [0.25, 0.3) is 11.3 Å². The molecule has 3 aromatic heterocycles. The van der Waals surface area contributed by atoms with Crippen molar-refractivity contribution in [3.05, 3.63) is 90.5 Å². The molecule has 0 spiro atoms. The minimum absolute atomic E-state index is 0.0164. The number of aryl methyl sites for hydroxylation is 1. The monoisotopic (exact) mass is 452 g/mol. The summed E-state index contributed by atoms with van der Waals surface area (Å²) in [6.07, 6.45) is 11.4. The summed E-state index contributed by atoms with van der Waals surface area (Å²) < 4.78 is 6.11. The van der Waals surface area contributed by atoms with Gasteiger partial charge in [0.05, 0.1) is 11.3 Å². The van der Waals surface area contributed by atoms with E-state index in [2.05, 4.69) is 24.9 Å². The highest BCUT2D eigenvalue weighted by molar-refractivity contribution is 5.94. The molecule has 34 heavy (non-hydrogen) atoms. The van der Waals surface area contributed by atoms with E-state index in [0.717, 1.165) is 41.1 Å². The quantitative estimate of drug-likeness (QED) is 0.442. The van der Waals surface area contributed by atoms with Crippen LogP contribution in [-0.2, 0) is 0 Å². The Morgan fingerprint density at radius 3 is 2.44 bits per heavy atom. The number of carbonyl (C=O) groups is 1. The molecule has 1 aliphatic heterocycles. The van der Waals surface area contributed by atoms with Crippen molar-refractivity contribution in [2.75, 3.05) is 13.1 Å². The zero-order valence-electron chi connectivity index (χ0n) is 18.8. The van der Waals surface area contributed by atoms with Crippen molar-refractivity contribution in [1.82, 2.24) is 29.8 Å². The fourth-order valence-corrected chi connectivity index (χ4v) is 4.13. The number of aromatic nitrogens is 5. The van der Waals surface area contributed by atoms with E-state index in [1.807, 2.05) is 42.2 Å². The minimum Gasteiger partial charge on any atom is -0.437 e. The third-order valence-electron chi connectivity index (χ3n) is 6.03. The van der Waals surface area contributed by atoms with Crippen molar-refractivity contribution in [3.8, 4) is 22.9 Å². The predicted octanol–water partition coefficient (Wildman–Crippen LogP) is 4.45. The normalized spacial score (nSPS) is 14.1. The number of benzene rings is 1. The van der Waals surface area contributed by atoms with Crippen LogP contribution in [0.4, 0.5) is 0 Å². The Bertz CT molecular complexity index is 1270. The minimum atomic E-state index is -0.0164. The average Bonchev–Trinajstić information content (AvgIpc) is 2.91. The van der Waals surface area contributed by atoms with E-state index in [-0.39, 0.29) is 11.8 Å². The van der Waals surface area contributed by atoms with Gasteiger partial charge in [-0.3, -0.25) is 14.8 Å². The number of pyridine rings is 1. The van der Waals surface area contributed by atoms with Crippen molar-refractivity contribution in [2.24, 2.45) is 0 Å². The Hall–Kier alpha value is -4.20. The summed E-state index contributed by atoms with van der Waals surface area (Å²) in [4.78, 5) is 36.4. The molecule has 4 aromatic rings. The number of hydrogen-bond donors (Lipinski definition) is 0. The summed E-state index contributed by atoms with van der Waals surface area (Å²) in [6, 6.07) is 11.5. The van der Waals surface area contributed by atoms with Crippen molar-refractivity contribution < 1.29 is 9.53 Å². The molecule has 1 amide bonds. The molecule has 0 aliphatic carbocycles. The molecule has 1 aromatic carbocycles. The largest absolute Gasteiger partial charge is 0.437 e. The van der Waals surface area contributed by atoms with Crippen LogP contribution in [-0.4, -0.2) is 48.8 Å². The molecule has 0 atom stereocenters. The van der Waals surface area contributed by atoms with Gasteiger partial charge in [-0.05, 0) is 43.5 Å². The summed E-state index contributed by atoms with van der Waals surface area (Å²) in [5.74, 6) is 1.47. The van der Waals surface area contributed by atoms with E-state index >= 15 is 0 Å². The maximum atomic E-state index is 13.0. The first-order valence-corrected chi connectivity index (χ1v) is 11.2. The van der Waals surface area contributed by atoms with Gasteiger partial charge in [0.15, 0.2) is 0 Å². The summed E-state index contributed by atoms with van der Waals surface area (Å²) in [7, 11) is 0. The average molecular weight is 453 g/mol. The van der Waals surface area contributed by atoms with Crippen molar-refractivity contribution in [2.45, 2.75) is 25.7 Å². The van der Waals surface area contributed by atoms with E-state index < -0.39 is 0 Å². The molecule has 4 heterocycles. The van der Waals surface area contributed by atoms with Crippen LogP contribution >= 0.6 is 0 Å². The fourth-order valence-electron chi connectivity index (χ4n) is 4.13. The molecule has 5 rings (SSSR count). The molecule has 8 heteroatoms. The van der Waals surface area contributed by atoms with E-state index in [1.165, 1.54) is 6.33 Å². The molecule has 0 saturated carbocycles. The van der Waals surface area contributed by atoms with Crippen LogP contribution in [0.5, 0.6) is 11.6 Å². The second-order valence-electron chi connectivity index (χ2n) is 8.24. The fraction of sp³-hybridized carbons (Fsp3) is 0.231. The Morgan fingerprint density at radius 1 is 0.941 bits per heavy atom. The topological polar surface area (TPSA) is 94.0 Å². The standard InChI is InChI=1S/C26H24N6O2/c1-18-4-2-3-5-23(18)34-25-24(29-10-11-30-25)19-8-12-32(13-9-19)26(33)20-6-7-22(31-16-20)21-14-27-17-28-15-21/h2-7,10-11,14-17,19H,8-9,12-13H2,1H3. The van der Waals surface area contributed by atoms with Gasteiger partial charge in [-0.2, -0.15) is 0 Å². The molecule has 1 fully saturated rings. The number of likely N-dealkylation sites (tertiary alicyclic amines) is 1. The molecule has 0 N–H and O–H groups in total. The Balaban J connectivity index is 1.25. The molecule has 0 radical (unpaired) electrons. The van der Waals surface area contributed by atoms with E-state index in [9.17, 15) is 4.79 Å². The van der Waals surface area contributed by atoms with E-state index in [1.54, 1.807) is 37.1 Å². The second-order valence-corrected chi connectivity index (χ2v) is 8.24. The first-order chi connectivity index (χ1) is 16.7. The summed E-state index contributed by atoms with van der Waals surface area (Å²) in [5.41, 5.74) is 4.00. The Kier molecular flexibility index (Phi) is 6.20. The van der Waals surface area contributed by atoms with Crippen LogP contribution in [0.1, 0.15) is 40.4 Å². The van der Waals surface area contributed by atoms with Crippen LogP contribution in [0, 0.1) is 6.92 Å². The van der Waals surface area contributed by atoms with Gasteiger partial charge in [0.2, 0.25) is 5.88 Å². The van der Waals surface area contributed by atoms with Crippen LogP contribution < -0.4 is 4.74 Å². The molecule has 1 saturated heterocycles. The van der Waals surface area contributed by atoms with E-state index in [0.29, 0.717) is 24.5 Å². The highest BCUT2D eigenvalue weighted by atomic mass is 16.5. The first-order valence-electron chi connectivity index (χ1n) is 11.2. The third-order valence-corrected chi connectivity index (χ3v) is 6.03. The van der Waals surface area contributed by atoms with Gasteiger partial charge in [-0.15, -0.1) is 0 Å². The number of para-hydroxylation sites is 1. The smallest absolute Gasteiger partial charge is 0.255 e. The summed E-state index contributed by atoms with van der Waals surface area (Å²) in [5, 5.41) is 0. The lowest BCUT2D eigenvalue weighted by Gasteiger charge is -2.32. The zero-order chi connectivity index (χ0) is 23.3. The number of ether oxygens (including phenoxy) is 1. The SMILES string of the molecule is Cc1ccccc1Oc1nccnc1C1CCN(C(=O)c2ccc(-c3cncnc3)nc2)CC1. The summed E-state index contributed by atoms with van der Waals surface area (Å²) in [6.45, 7) is 3.28. The molecule has 170 valence electrons. The molecular weight excluding hydrogens is 428 g/mol. The van der Waals surface area contributed by atoms with Gasteiger partial charge in [0.25, 0.3) is 5.91 Å². The highest BCUT2D eigenvalue weighted by Crippen LogP contribution is 2.34. The van der Waals surface area contributed by atoms with Gasteiger partial charge in [-0.25, -0.2) is 15.0 Å². The highest BCUT2D eigenvalue weighted by Gasteiger charge is 2.28. The number of amides is 1. The van der Waals surface area contributed by atoms with Gasteiger partial charge < -0.3 is 9.64 Å². The van der Waals surface area contributed by atoms with Crippen LogP contribution in [0.2, 0.25) is 0 Å². The Morgan fingerprint density at radius 2 is 1.71 bits per heavy atom.